The lowest BCUT2D eigenvalue weighted by Gasteiger charge is -2.24. The van der Waals surface area contributed by atoms with E-state index < -0.39 is 13.9 Å². The minimum atomic E-state index is -4.28. The standard InChI is InChI=1S/C54H104NO7P/c1-6-8-10-12-14-16-18-20-22-24-25-26-27-28-29-30-31-32-33-35-37-39-41-43-45-47-54(56)62-53(52-61-63(57,58)60-50-48-55(3,4)5)51-59-49-46-44-42-40-38-36-34-23-21-19-17-15-13-11-9-7-2/h9,11,15,17,21,23,53H,6-8,10,12-14,16,18-20,22,24-52H2,1-5H3/p+1/b11-9-,17-15-,23-21-. The number of esters is 1. The molecule has 2 unspecified atom stereocenters. The Bertz CT molecular complexity index is 1100. The molecule has 0 aliphatic heterocycles. The van der Waals surface area contributed by atoms with E-state index in [9.17, 15) is 14.3 Å². The number of hydrogen-bond donors (Lipinski definition) is 1. The van der Waals surface area contributed by atoms with Crippen molar-refractivity contribution in [3.05, 3.63) is 36.5 Å². The zero-order chi connectivity index (χ0) is 46.2. The normalized spacial score (nSPS) is 13.8. The van der Waals surface area contributed by atoms with Crippen molar-refractivity contribution in [2.45, 2.75) is 251 Å². The fraction of sp³-hybridized carbons (Fsp3) is 0.870. The third-order valence-corrected chi connectivity index (χ3v) is 12.7. The van der Waals surface area contributed by atoms with Gasteiger partial charge < -0.3 is 18.9 Å². The molecule has 0 heterocycles. The van der Waals surface area contributed by atoms with E-state index >= 15 is 0 Å². The molecule has 0 bridgehead atoms. The van der Waals surface area contributed by atoms with Crippen molar-refractivity contribution >= 4 is 13.8 Å². The zero-order valence-electron chi connectivity index (χ0n) is 42.3. The summed E-state index contributed by atoms with van der Waals surface area (Å²) in [6.45, 7) is 5.53. The van der Waals surface area contributed by atoms with E-state index in [0.717, 1.165) is 57.8 Å². The minimum Gasteiger partial charge on any atom is -0.457 e. The Balaban J connectivity index is 4.05. The van der Waals surface area contributed by atoms with Gasteiger partial charge in [-0.1, -0.05) is 230 Å². The van der Waals surface area contributed by atoms with Gasteiger partial charge in [-0.25, -0.2) is 4.57 Å². The summed E-state index contributed by atoms with van der Waals surface area (Å²) >= 11 is 0. The summed E-state index contributed by atoms with van der Waals surface area (Å²) in [6.07, 6.45) is 57.8. The number of likely N-dealkylation sites (N-methyl/N-ethyl adjacent to an activating group) is 1. The van der Waals surface area contributed by atoms with Gasteiger partial charge >= 0.3 is 13.8 Å². The summed E-state index contributed by atoms with van der Waals surface area (Å²) in [5, 5.41) is 0. The zero-order valence-corrected chi connectivity index (χ0v) is 43.2. The summed E-state index contributed by atoms with van der Waals surface area (Å²) in [7, 11) is 1.67. The number of hydrogen-bond acceptors (Lipinski definition) is 6. The first-order valence-corrected chi connectivity index (χ1v) is 28.2. The average Bonchev–Trinajstić information content (AvgIpc) is 3.24. The average molecular weight is 911 g/mol. The van der Waals surface area contributed by atoms with Gasteiger partial charge in [-0.05, 0) is 44.9 Å². The molecule has 0 rings (SSSR count). The second-order valence-electron chi connectivity index (χ2n) is 19.2. The number of phosphoric ester groups is 1. The number of nitrogens with zero attached hydrogens (tertiary/aromatic N) is 1. The quantitative estimate of drug-likeness (QED) is 0.0214. The molecule has 0 amide bonds. The lowest BCUT2D eigenvalue weighted by atomic mass is 10.0. The van der Waals surface area contributed by atoms with Crippen LogP contribution < -0.4 is 0 Å². The first kappa shape index (κ1) is 61.7. The van der Waals surface area contributed by atoms with E-state index in [-0.39, 0.29) is 25.8 Å². The van der Waals surface area contributed by atoms with Gasteiger partial charge in [0.1, 0.15) is 19.3 Å². The summed E-state index contributed by atoms with van der Waals surface area (Å²) in [4.78, 5) is 23.0. The Labute approximate surface area is 391 Å². The molecule has 0 fully saturated rings. The van der Waals surface area contributed by atoms with E-state index in [1.807, 2.05) is 21.1 Å². The fourth-order valence-electron chi connectivity index (χ4n) is 7.63. The van der Waals surface area contributed by atoms with Crippen molar-refractivity contribution in [1.82, 2.24) is 0 Å². The van der Waals surface area contributed by atoms with Crippen LogP contribution in [-0.2, 0) is 27.9 Å². The first-order valence-electron chi connectivity index (χ1n) is 26.7. The molecular weight excluding hydrogens is 806 g/mol. The largest absolute Gasteiger partial charge is 0.472 e. The Morgan fingerprint density at radius 3 is 1.38 bits per heavy atom. The molecule has 0 aliphatic rings. The smallest absolute Gasteiger partial charge is 0.457 e. The topological polar surface area (TPSA) is 91.3 Å². The van der Waals surface area contributed by atoms with Crippen molar-refractivity contribution in [2.75, 3.05) is 54.1 Å². The highest BCUT2D eigenvalue weighted by atomic mass is 31.2. The van der Waals surface area contributed by atoms with E-state index in [2.05, 4.69) is 50.3 Å². The summed E-state index contributed by atoms with van der Waals surface area (Å²) in [5.74, 6) is -0.314. The molecule has 0 aromatic carbocycles. The number of allylic oxidation sites excluding steroid dienone is 6. The summed E-state index contributed by atoms with van der Waals surface area (Å²) in [5.41, 5.74) is 0. The molecule has 0 spiro atoms. The van der Waals surface area contributed by atoms with Crippen LogP contribution in [0.4, 0.5) is 0 Å². The molecule has 0 aromatic heterocycles. The SMILES string of the molecule is CC/C=C\C/C=C\C/C=C\CCCCCCCCOCC(COP(=O)(O)OCC[N+](C)(C)C)OC(=O)CCCCCCCCCCCCCCCCCCCCCCCCCCC. The molecular formula is C54H105NO7P+. The first-order chi connectivity index (χ1) is 30.6. The Morgan fingerprint density at radius 2 is 0.921 bits per heavy atom. The predicted octanol–water partition coefficient (Wildman–Crippen LogP) is 16.5. The number of unbranched alkanes of at least 4 members (excludes halogenated alkanes) is 30. The lowest BCUT2D eigenvalue weighted by Crippen LogP contribution is -2.37. The van der Waals surface area contributed by atoms with Crippen LogP contribution in [0, 0.1) is 0 Å². The monoisotopic (exact) mass is 911 g/mol. The fourth-order valence-corrected chi connectivity index (χ4v) is 8.37. The second kappa shape index (κ2) is 47.2. The maximum atomic E-state index is 12.8. The molecule has 0 saturated carbocycles. The van der Waals surface area contributed by atoms with Crippen LogP contribution in [0.25, 0.3) is 0 Å². The van der Waals surface area contributed by atoms with E-state index in [1.165, 1.54) is 167 Å². The number of carbonyl (C=O) groups excluding carboxylic acids is 1. The maximum Gasteiger partial charge on any atom is 0.472 e. The van der Waals surface area contributed by atoms with Gasteiger partial charge in [0.05, 0.1) is 34.4 Å². The number of carbonyl (C=O) groups is 1. The number of rotatable bonds is 50. The summed E-state index contributed by atoms with van der Waals surface area (Å²) in [6, 6.07) is 0. The third-order valence-electron chi connectivity index (χ3n) is 11.7. The van der Waals surface area contributed by atoms with Gasteiger partial charge in [0.25, 0.3) is 0 Å². The van der Waals surface area contributed by atoms with Crippen molar-refractivity contribution in [3.8, 4) is 0 Å². The molecule has 372 valence electrons. The van der Waals surface area contributed by atoms with E-state index in [0.29, 0.717) is 24.1 Å². The van der Waals surface area contributed by atoms with Crippen LogP contribution in [0.3, 0.4) is 0 Å². The molecule has 0 saturated heterocycles. The van der Waals surface area contributed by atoms with Gasteiger partial charge in [0.2, 0.25) is 0 Å². The van der Waals surface area contributed by atoms with Gasteiger partial charge in [-0.15, -0.1) is 0 Å². The van der Waals surface area contributed by atoms with Gasteiger partial charge in [0, 0.05) is 13.0 Å². The molecule has 0 radical (unpaired) electrons. The second-order valence-corrected chi connectivity index (χ2v) is 20.7. The van der Waals surface area contributed by atoms with Crippen LogP contribution in [0.1, 0.15) is 245 Å². The highest BCUT2D eigenvalue weighted by Crippen LogP contribution is 2.43. The molecule has 0 aliphatic carbocycles. The number of phosphoric acid groups is 1. The van der Waals surface area contributed by atoms with Gasteiger partial charge in [0.15, 0.2) is 0 Å². The highest BCUT2D eigenvalue weighted by Gasteiger charge is 2.26. The van der Waals surface area contributed by atoms with Crippen molar-refractivity contribution in [2.24, 2.45) is 0 Å². The highest BCUT2D eigenvalue weighted by molar-refractivity contribution is 7.47. The number of quaternary nitrogens is 1. The molecule has 2 atom stereocenters. The van der Waals surface area contributed by atoms with Crippen LogP contribution in [0.2, 0.25) is 0 Å². The van der Waals surface area contributed by atoms with Crippen LogP contribution in [-0.4, -0.2) is 75.6 Å². The Morgan fingerprint density at radius 1 is 0.508 bits per heavy atom. The predicted molar refractivity (Wildman–Crippen MR) is 270 cm³/mol. The van der Waals surface area contributed by atoms with E-state index in [4.69, 9.17) is 18.5 Å². The molecule has 8 nitrogen and oxygen atoms in total. The summed E-state index contributed by atoms with van der Waals surface area (Å²) < 4.78 is 35.2. The maximum absolute atomic E-state index is 12.8. The third kappa shape index (κ3) is 51.6. The van der Waals surface area contributed by atoms with Crippen LogP contribution in [0.5, 0.6) is 0 Å². The molecule has 1 N–H and O–H groups in total. The van der Waals surface area contributed by atoms with Crippen molar-refractivity contribution < 1.29 is 37.3 Å². The van der Waals surface area contributed by atoms with Gasteiger partial charge in [-0.2, -0.15) is 0 Å². The van der Waals surface area contributed by atoms with Crippen molar-refractivity contribution in [1.29, 1.82) is 0 Å². The number of ether oxygens (including phenoxy) is 2. The van der Waals surface area contributed by atoms with Crippen LogP contribution >= 0.6 is 7.82 Å². The van der Waals surface area contributed by atoms with Crippen LogP contribution in [0.15, 0.2) is 36.5 Å². The Hall–Kier alpha value is -1.28. The minimum absolute atomic E-state index is 0.0869. The lowest BCUT2D eigenvalue weighted by molar-refractivity contribution is -0.870. The van der Waals surface area contributed by atoms with Gasteiger partial charge in [-0.3, -0.25) is 13.8 Å². The van der Waals surface area contributed by atoms with Crippen molar-refractivity contribution in [3.63, 3.8) is 0 Å². The molecule has 9 heteroatoms. The molecule has 63 heavy (non-hydrogen) atoms. The van der Waals surface area contributed by atoms with E-state index in [1.54, 1.807) is 0 Å². The molecule has 0 aromatic rings. The Kier molecular flexibility index (Phi) is 46.3.